The standard InChI is InChI=1S/C29H32N4O3/c1-32(25-15-17-33(18-16-25)20-23-5-9-26(35-2)10-6-23)21-29(34)31-24-7-13-28(14-8-24)36-27-11-3-22(19-30)4-12-27/h3-14,25H,15-18,20-21H2,1-2H3,(H,31,34). The van der Waals surface area contributed by atoms with Gasteiger partial charge in [0.1, 0.15) is 17.2 Å². The first-order valence-corrected chi connectivity index (χ1v) is 12.2. The van der Waals surface area contributed by atoms with Crippen molar-refractivity contribution in [2.24, 2.45) is 0 Å². The number of carbonyl (C=O) groups excluding carboxylic acids is 1. The summed E-state index contributed by atoms with van der Waals surface area (Å²) in [7, 11) is 3.71. The average Bonchev–Trinajstić information content (AvgIpc) is 2.91. The van der Waals surface area contributed by atoms with Crippen LogP contribution in [0.3, 0.4) is 0 Å². The molecule has 7 heteroatoms. The Morgan fingerprint density at radius 2 is 1.56 bits per heavy atom. The normalized spacial score (nSPS) is 14.3. The summed E-state index contributed by atoms with van der Waals surface area (Å²) >= 11 is 0. The molecule has 0 saturated carbocycles. The van der Waals surface area contributed by atoms with Crippen molar-refractivity contribution in [1.82, 2.24) is 9.80 Å². The molecule has 0 bridgehead atoms. The van der Waals surface area contributed by atoms with E-state index >= 15 is 0 Å². The van der Waals surface area contributed by atoms with Crippen LogP contribution in [-0.2, 0) is 11.3 Å². The highest BCUT2D eigenvalue weighted by atomic mass is 16.5. The number of benzene rings is 3. The van der Waals surface area contributed by atoms with Gasteiger partial charge in [-0.2, -0.15) is 5.26 Å². The molecule has 1 aliphatic heterocycles. The molecule has 0 radical (unpaired) electrons. The molecule has 0 unspecified atom stereocenters. The summed E-state index contributed by atoms with van der Waals surface area (Å²) in [5, 5.41) is 11.9. The molecule has 0 aromatic heterocycles. The third-order valence-electron chi connectivity index (χ3n) is 6.50. The van der Waals surface area contributed by atoms with Crippen LogP contribution in [0.4, 0.5) is 5.69 Å². The van der Waals surface area contributed by atoms with E-state index in [0.717, 1.165) is 43.9 Å². The highest BCUT2D eigenvalue weighted by molar-refractivity contribution is 5.92. The lowest BCUT2D eigenvalue weighted by atomic mass is 10.0. The predicted molar refractivity (Wildman–Crippen MR) is 140 cm³/mol. The molecule has 1 amide bonds. The van der Waals surface area contributed by atoms with Gasteiger partial charge in [-0.1, -0.05) is 12.1 Å². The quantitative estimate of drug-likeness (QED) is 0.466. The molecule has 0 spiro atoms. The lowest BCUT2D eigenvalue weighted by molar-refractivity contribution is -0.117. The summed E-state index contributed by atoms with van der Waals surface area (Å²) < 4.78 is 11.0. The van der Waals surface area contributed by atoms with E-state index < -0.39 is 0 Å². The molecule has 0 atom stereocenters. The molecule has 7 nitrogen and oxygen atoms in total. The summed E-state index contributed by atoms with van der Waals surface area (Å²) in [5.41, 5.74) is 2.61. The van der Waals surface area contributed by atoms with Gasteiger partial charge in [0.05, 0.1) is 25.3 Å². The molecule has 3 aromatic carbocycles. The number of nitrogens with zero attached hydrogens (tertiary/aromatic N) is 3. The number of amides is 1. The Balaban J connectivity index is 1.19. The monoisotopic (exact) mass is 484 g/mol. The summed E-state index contributed by atoms with van der Waals surface area (Å²) in [5.74, 6) is 2.17. The molecule has 3 aromatic rings. The van der Waals surface area contributed by atoms with Gasteiger partial charge >= 0.3 is 0 Å². The fourth-order valence-corrected chi connectivity index (χ4v) is 4.40. The minimum atomic E-state index is -0.0288. The number of rotatable bonds is 9. The fourth-order valence-electron chi connectivity index (χ4n) is 4.40. The van der Waals surface area contributed by atoms with Gasteiger partial charge in [0.2, 0.25) is 5.91 Å². The Bertz CT molecular complexity index is 1160. The number of hydrogen-bond donors (Lipinski definition) is 1. The van der Waals surface area contributed by atoms with Crippen LogP contribution in [0.25, 0.3) is 0 Å². The minimum Gasteiger partial charge on any atom is -0.497 e. The van der Waals surface area contributed by atoms with Gasteiger partial charge in [-0.25, -0.2) is 0 Å². The van der Waals surface area contributed by atoms with Gasteiger partial charge in [-0.3, -0.25) is 14.6 Å². The number of anilines is 1. The number of nitriles is 1. The van der Waals surface area contributed by atoms with Crippen LogP contribution < -0.4 is 14.8 Å². The van der Waals surface area contributed by atoms with Gasteiger partial charge < -0.3 is 14.8 Å². The minimum absolute atomic E-state index is 0.0288. The second-order valence-electron chi connectivity index (χ2n) is 9.08. The Kier molecular flexibility index (Phi) is 8.56. The van der Waals surface area contributed by atoms with E-state index in [1.54, 1.807) is 31.4 Å². The zero-order chi connectivity index (χ0) is 25.3. The Morgan fingerprint density at radius 3 is 2.14 bits per heavy atom. The maximum atomic E-state index is 12.6. The molecule has 1 N–H and O–H groups in total. The van der Waals surface area contributed by atoms with E-state index in [0.29, 0.717) is 29.6 Å². The molecule has 1 fully saturated rings. The van der Waals surface area contributed by atoms with Crippen LogP contribution in [0.5, 0.6) is 17.2 Å². The van der Waals surface area contributed by atoms with Crippen LogP contribution in [0.15, 0.2) is 72.8 Å². The molecular formula is C29H32N4O3. The van der Waals surface area contributed by atoms with Gasteiger partial charge in [-0.05, 0) is 99.2 Å². The van der Waals surface area contributed by atoms with Gasteiger partial charge in [0.25, 0.3) is 0 Å². The molecule has 1 aliphatic rings. The van der Waals surface area contributed by atoms with E-state index in [1.165, 1.54) is 5.56 Å². The van der Waals surface area contributed by atoms with Crippen molar-refractivity contribution in [3.8, 4) is 23.3 Å². The molecule has 1 saturated heterocycles. The SMILES string of the molecule is COc1ccc(CN2CCC(N(C)CC(=O)Nc3ccc(Oc4ccc(C#N)cc4)cc3)CC2)cc1. The van der Waals surface area contributed by atoms with Crippen LogP contribution in [0, 0.1) is 11.3 Å². The van der Waals surface area contributed by atoms with Crippen LogP contribution in [0.2, 0.25) is 0 Å². The van der Waals surface area contributed by atoms with E-state index in [1.807, 2.05) is 43.4 Å². The first-order chi connectivity index (χ1) is 17.5. The zero-order valence-corrected chi connectivity index (χ0v) is 20.8. The highest BCUT2D eigenvalue weighted by Gasteiger charge is 2.23. The van der Waals surface area contributed by atoms with Crippen LogP contribution in [0.1, 0.15) is 24.0 Å². The number of ether oxygens (including phenoxy) is 2. The molecule has 4 rings (SSSR count). The van der Waals surface area contributed by atoms with Crippen LogP contribution >= 0.6 is 0 Å². The van der Waals surface area contributed by atoms with Crippen molar-refractivity contribution < 1.29 is 14.3 Å². The zero-order valence-electron chi connectivity index (χ0n) is 20.8. The number of methoxy groups -OCH3 is 1. The number of likely N-dealkylation sites (N-methyl/N-ethyl adjacent to an activating group) is 1. The molecule has 186 valence electrons. The van der Waals surface area contributed by atoms with E-state index in [2.05, 4.69) is 33.3 Å². The topological polar surface area (TPSA) is 77.8 Å². The first-order valence-electron chi connectivity index (χ1n) is 12.2. The van der Waals surface area contributed by atoms with Crippen LogP contribution in [-0.4, -0.2) is 55.5 Å². The number of likely N-dealkylation sites (tertiary alicyclic amines) is 1. The number of nitrogens with one attached hydrogen (secondary N) is 1. The maximum Gasteiger partial charge on any atom is 0.238 e. The summed E-state index contributed by atoms with van der Waals surface area (Å²) in [4.78, 5) is 17.2. The molecular weight excluding hydrogens is 452 g/mol. The lowest BCUT2D eigenvalue weighted by Gasteiger charge is -2.36. The van der Waals surface area contributed by atoms with Crippen molar-refractivity contribution in [3.05, 3.63) is 83.9 Å². The predicted octanol–water partition coefficient (Wildman–Crippen LogP) is 4.89. The van der Waals surface area contributed by atoms with Gasteiger partial charge in [-0.15, -0.1) is 0 Å². The molecule has 36 heavy (non-hydrogen) atoms. The average molecular weight is 485 g/mol. The van der Waals surface area contributed by atoms with Crippen molar-refractivity contribution in [1.29, 1.82) is 5.26 Å². The maximum absolute atomic E-state index is 12.6. The van der Waals surface area contributed by atoms with Crippen molar-refractivity contribution in [3.63, 3.8) is 0 Å². The van der Waals surface area contributed by atoms with E-state index in [4.69, 9.17) is 14.7 Å². The van der Waals surface area contributed by atoms with E-state index in [9.17, 15) is 4.79 Å². The number of hydrogen-bond acceptors (Lipinski definition) is 6. The van der Waals surface area contributed by atoms with Gasteiger partial charge in [0.15, 0.2) is 0 Å². The second-order valence-corrected chi connectivity index (χ2v) is 9.08. The van der Waals surface area contributed by atoms with Gasteiger partial charge in [0, 0.05) is 18.3 Å². The third-order valence-corrected chi connectivity index (χ3v) is 6.50. The summed E-state index contributed by atoms with van der Waals surface area (Å²) in [6.45, 7) is 3.32. The Hall–Kier alpha value is -3.86. The third kappa shape index (κ3) is 7.08. The Labute approximate surface area is 212 Å². The number of carbonyl (C=O) groups is 1. The number of piperidine rings is 1. The molecule has 1 heterocycles. The lowest BCUT2D eigenvalue weighted by Crippen LogP contribution is -2.45. The van der Waals surface area contributed by atoms with Crippen molar-refractivity contribution >= 4 is 11.6 Å². The molecule has 0 aliphatic carbocycles. The fraction of sp³-hybridized carbons (Fsp3) is 0.310. The summed E-state index contributed by atoms with van der Waals surface area (Å²) in [6.07, 6.45) is 2.09. The Morgan fingerprint density at radius 1 is 0.972 bits per heavy atom. The van der Waals surface area contributed by atoms with Crippen molar-refractivity contribution in [2.75, 3.05) is 39.1 Å². The van der Waals surface area contributed by atoms with E-state index in [-0.39, 0.29) is 5.91 Å². The van der Waals surface area contributed by atoms with Crippen molar-refractivity contribution in [2.45, 2.75) is 25.4 Å². The first kappa shape index (κ1) is 25.2. The largest absolute Gasteiger partial charge is 0.497 e. The summed E-state index contributed by atoms with van der Waals surface area (Å²) in [6, 6.07) is 25.0. The second kappa shape index (κ2) is 12.2. The smallest absolute Gasteiger partial charge is 0.238 e. The highest BCUT2D eigenvalue weighted by Crippen LogP contribution is 2.24.